The van der Waals surface area contributed by atoms with Gasteiger partial charge in [0.15, 0.2) is 0 Å². The highest BCUT2D eigenvalue weighted by molar-refractivity contribution is 4.97. The summed E-state index contributed by atoms with van der Waals surface area (Å²) in [6.45, 7) is 22.7. The van der Waals surface area contributed by atoms with Gasteiger partial charge in [0.2, 0.25) is 0 Å². The summed E-state index contributed by atoms with van der Waals surface area (Å²) >= 11 is 0. The van der Waals surface area contributed by atoms with E-state index in [1.165, 1.54) is 56.8 Å². The average molecular weight is 579 g/mol. The van der Waals surface area contributed by atoms with Gasteiger partial charge in [0, 0.05) is 5.92 Å². The molecule has 0 aromatic carbocycles. The van der Waals surface area contributed by atoms with Gasteiger partial charge in [0.1, 0.15) is 24.4 Å². The Hall–Kier alpha value is -2.88. The molecule has 0 amide bonds. The second-order valence-corrected chi connectivity index (χ2v) is 10.1. The van der Waals surface area contributed by atoms with E-state index in [9.17, 15) is 0 Å². The lowest BCUT2D eigenvalue weighted by Crippen LogP contribution is -2.32. The van der Waals surface area contributed by atoms with Crippen LogP contribution >= 0.6 is 0 Å². The molecule has 0 aromatic heterocycles. The predicted molar refractivity (Wildman–Crippen MR) is 158 cm³/mol. The largest absolute Gasteiger partial charge is 0.505 e. The molecular weight excluding hydrogens is 528 g/mol. The molecule has 9 nitrogen and oxygen atoms in total. The van der Waals surface area contributed by atoms with E-state index >= 15 is 0 Å². The van der Waals surface area contributed by atoms with Crippen LogP contribution in [0.25, 0.3) is 0 Å². The van der Waals surface area contributed by atoms with Crippen LogP contribution in [0.2, 0.25) is 0 Å². The lowest BCUT2D eigenvalue weighted by molar-refractivity contribution is -0.00737. The molecule has 0 aromatic rings. The zero-order valence-corrected chi connectivity index (χ0v) is 24.6. The molecule has 0 spiro atoms. The minimum absolute atomic E-state index is 0.0436. The van der Waals surface area contributed by atoms with Crippen molar-refractivity contribution in [3.63, 3.8) is 0 Å². The Balaban J connectivity index is 0.000000203. The third-order valence-corrected chi connectivity index (χ3v) is 7.53. The van der Waals surface area contributed by atoms with E-state index in [-0.39, 0.29) is 24.4 Å². The van der Waals surface area contributed by atoms with E-state index < -0.39 is 0 Å². The molecule has 7 atom stereocenters. The summed E-state index contributed by atoms with van der Waals surface area (Å²) < 4.78 is 47.3. The lowest BCUT2D eigenvalue weighted by Gasteiger charge is -2.27. The van der Waals surface area contributed by atoms with E-state index in [0.717, 1.165) is 32.3 Å². The molecule has 1 saturated carbocycles. The quantitative estimate of drug-likeness (QED) is 0.261. The van der Waals surface area contributed by atoms with Crippen molar-refractivity contribution in [1.82, 2.24) is 0 Å². The van der Waals surface area contributed by atoms with Crippen molar-refractivity contribution in [2.45, 2.75) is 93.8 Å². The molecule has 232 valence electrons. The first-order valence-electron chi connectivity index (χ1n) is 14.3. The average Bonchev–Trinajstić information content (AvgIpc) is 3.79. The molecule has 4 saturated heterocycles. The van der Waals surface area contributed by atoms with E-state index in [2.05, 4.69) is 44.2 Å². The van der Waals surface area contributed by atoms with Gasteiger partial charge < -0.3 is 42.6 Å². The predicted octanol–water partition coefficient (Wildman–Crippen LogP) is 5.95. The second-order valence-electron chi connectivity index (χ2n) is 10.1. The van der Waals surface area contributed by atoms with Gasteiger partial charge in [-0.15, -0.1) is 0 Å². The maximum absolute atomic E-state index is 5.67. The maximum atomic E-state index is 5.67. The van der Waals surface area contributed by atoms with Crippen LogP contribution in [-0.2, 0) is 42.6 Å². The van der Waals surface area contributed by atoms with E-state index in [0.29, 0.717) is 43.5 Å². The Morgan fingerprint density at radius 1 is 0.634 bits per heavy atom. The van der Waals surface area contributed by atoms with Gasteiger partial charge in [0.25, 0.3) is 0 Å². The smallest absolute Gasteiger partial charge is 0.150 e. The first-order valence-corrected chi connectivity index (χ1v) is 14.3. The summed E-state index contributed by atoms with van der Waals surface area (Å²) in [5.74, 6) is 0.631. The van der Waals surface area contributed by atoms with Crippen LogP contribution in [-0.4, -0.2) is 75.8 Å². The molecule has 0 radical (unpaired) electrons. The third-order valence-electron chi connectivity index (χ3n) is 7.53. The number of ether oxygens (including phenoxy) is 9. The highest BCUT2D eigenvalue weighted by Gasteiger charge is 2.49. The van der Waals surface area contributed by atoms with Crippen molar-refractivity contribution in [1.29, 1.82) is 0 Å². The molecule has 4 heterocycles. The minimum Gasteiger partial charge on any atom is -0.505 e. The highest BCUT2D eigenvalue weighted by Crippen LogP contribution is 2.38. The first kappa shape index (κ1) is 34.3. The van der Waals surface area contributed by atoms with E-state index in [4.69, 9.17) is 37.9 Å². The summed E-state index contributed by atoms with van der Waals surface area (Å²) in [5, 5.41) is 0. The minimum atomic E-state index is -0.0593. The monoisotopic (exact) mass is 578 g/mol. The standard InChI is InChI=1S/C10H14O4.C10H16O2.C9H14O2.C3H6O/c1-3-11-7-5-13-10-8(12-4-2)6-14-9(7)10;1-3-11-9-5-7-10(8-6-9)12-4-2;1-2-10-6-7-5-8-3-4-9(7)11-8;1-3-4-2/h3-4,7-10H,1-2,5-6H2;3-4,9-10H,1-2,5-8H2;2,7-9H,1,3-6H2;3H,1H2,2H3. The fraction of sp³-hybridized carbons (Fsp3) is 0.625. The first-order chi connectivity index (χ1) is 20.0. The Labute approximate surface area is 246 Å². The molecular formula is C32H50O9. The molecule has 5 fully saturated rings. The van der Waals surface area contributed by atoms with Crippen LogP contribution in [0.1, 0.15) is 44.9 Å². The Morgan fingerprint density at radius 2 is 1.12 bits per heavy atom. The highest BCUT2D eigenvalue weighted by atomic mass is 16.6. The fourth-order valence-corrected chi connectivity index (χ4v) is 5.60. The van der Waals surface area contributed by atoms with Crippen molar-refractivity contribution >= 4 is 0 Å². The zero-order valence-electron chi connectivity index (χ0n) is 24.6. The summed E-state index contributed by atoms with van der Waals surface area (Å²) in [4.78, 5) is 0. The molecule has 5 rings (SSSR count). The third kappa shape index (κ3) is 11.5. The number of fused-ring (bicyclic) bond motifs is 3. The van der Waals surface area contributed by atoms with E-state index in [1.54, 1.807) is 7.11 Å². The number of methoxy groups -OCH3 is 1. The van der Waals surface area contributed by atoms with Crippen LogP contribution in [0.5, 0.6) is 0 Å². The van der Waals surface area contributed by atoms with Gasteiger partial charge in [-0.1, -0.05) is 39.5 Å². The van der Waals surface area contributed by atoms with Gasteiger partial charge >= 0.3 is 0 Å². The van der Waals surface area contributed by atoms with Crippen LogP contribution in [0, 0.1) is 5.92 Å². The van der Waals surface area contributed by atoms with Crippen molar-refractivity contribution < 1.29 is 42.6 Å². The summed E-state index contributed by atoms with van der Waals surface area (Å²) in [6, 6.07) is 0. The Morgan fingerprint density at radius 3 is 1.46 bits per heavy atom. The fourth-order valence-electron chi connectivity index (χ4n) is 5.60. The van der Waals surface area contributed by atoms with Crippen molar-refractivity contribution in [2.24, 2.45) is 5.92 Å². The lowest BCUT2D eigenvalue weighted by atomic mass is 9.90. The molecule has 7 unspecified atom stereocenters. The van der Waals surface area contributed by atoms with Crippen LogP contribution in [0.15, 0.2) is 77.0 Å². The van der Waals surface area contributed by atoms with Crippen molar-refractivity contribution in [3.8, 4) is 0 Å². The molecule has 9 heteroatoms. The van der Waals surface area contributed by atoms with E-state index in [1.807, 2.05) is 0 Å². The molecule has 1 aliphatic carbocycles. The van der Waals surface area contributed by atoms with Crippen LogP contribution in [0.4, 0.5) is 0 Å². The number of hydrogen-bond donors (Lipinski definition) is 0. The summed E-state index contributed by atoms with van der Waals surface area (Å²) in [7, 11) is 1.56. The number of hydrogen-bond acceptors (Lipinski definition) is 9. The normalized spacial score (nSPS) is 33.7. The summed E-state index contributed by atoms with van der Waals surface area (Å²) in [5.41, 5.74) is 0. The molecule has 2 bridgehead atoms. The second kappa shape index (κ2) is 20.1. The summed E-state index contributed by atoms with van der Waals surface area (Å²) in [6.07, 6.45) is 18.2. The maximum Gasteiger partial charge on any atom is 0.150 e. The van der Waals surface area contributed by atoms with Crippen LogP contribution in [0.3, 0.4) is 0 Å². The van der Waals surface area contributed by atoms with Gasteiger partial charge in [0.05, 0.1) is 88.9 Å². The zero-order chi connectivity index (χ0) is 29.9. The molecule has 0 N–H and O–H groups in total. The Bertz CT molecular complexity index is 737. The van der Waals surface area contributed by atoms with Gasteiger partial charge in [-0.2, -0.15) is 0 Å². The van der Waals surface area contributed by atoms with Crippen LogP contribution < -0.4 is 0 Å². The molecule has 41 heavy (non-hydrogen) atoms. The van der Waals surface area contributed by atoms with Gasteiger partial charge in [-0.25, -0.2) is 0 Å². The molecule has 5 aliphatic rings. The van der Waals surface area contributed by atoms with Gasteiger partial charge in [-0.3, -0.25) is 0 Å². The van der Waals surface area contributed by atoms with Crippen molar-refractivity contribution in [3.05, 3.63) is 77.0 Å². The SMILES string of the molecule is C=COC.C=COC1CCC(OC=C)CC1.C=COC1COC2C(OC=C)COC12.C=COCC1CC2CCC1O2. The topological polar surface area (TPSA) is 83.1 Å². The van der Waals surface area contributed by atoms with Crippen molar-refractivity contribution in [2.75, 3.05) is 26.9 Å². The number of rotatable bonds is 12. The molecule has 4 aliphatic heterocycles. The Kier molecular flexibility index (Phi) is 16.8. The van der Waals surface area contributed by atoms with Gasteiger partial charge in [-0.05, 0) is 44.9 Å².